The summed E-state index contributed by atoms with van der Waals surface area (Å²) < 4.78 is 11.6. The molecule has 0 spiro atoms. The molecule has 1 aliphatic rings. The molecular weight excluding hydrogens is 376 g/mol. The first-order valence-electron chi connectivity index (χ1n) is 9.77. The Morgan fingerprint density at radius 1 is 1.18 bits per heavy atom. The fourth-order valence-corrected chi connectivity index (χ4v) is 3.50. The monoisotopic (exact) mass is 402 g/mol. The van der Waals surface area contributed by atoms with Crippen LogP contribution in [0.4, 0.5) is 0 Å². The highest BCUT2D eigenvalue weighted by Crippen LogP contribution is 2.27. The summed E-state index contributed by atoms with van der Waals surface area (Å²) in [7, 11) is 0. The number of morpholine rings is 1. The number of halogens is 1. The SMILES string of the molecule is NCCCCCOc1ccc(C(=O)N2CCOC(c3ccccc3)C2)c(Cl)c1. The summed E-state index contributed by atoms with van der Waals surface area (Å²) in [6.45, 7) is 2.89. The van der Waals surface area contributed by atoms with Crippen molar-refractivity contribution in [3.63, 3.8) is 0 Å². The summed E-state index contributed by atoms with van der Waals surface area (Å²) in [4.78, 5) is 14.8. The summed E-state index contributed by atoms with van der Waals surface area (Å²) in [6.07, 6.45) is 2.87. The third-order valence-electron chi connectivity index (χ3n) is 4.81. The Bertz CT molecular complexity index is 770. The minimum absolute atomic E-state index is 0.0799. The van der Waals surface area contributed by atoms with Gasteiger partial charge in [0.05, 0.1) is 30.3 Å². The van der Waals surface area contributed by atoms with E-state index in [4.69, 9.17) is 26.8 Å². The molecular formula is C22H27ClN2O3. The average molecular weight is 403 g/mol. The van der Waals surface area contributed by atoms with Crippen molar-refractivity contribution in [2.24, 2.45) is 5.73 Å². The quantitative estimate of drug-likeness (QED) is 0.676. The van der Waals surface area contributed by atoms with Gasteiger partial charge in [0.25, 0.3) is 5.91 Å². The summed E-state index contributed by atoms with van der Waals surface area (Å²) >= 11 is 6.38. The number of ether oxygens (including phenoxy) is 2. The maximum Gasteiger partial charge on any atom is 0.255 e. The van der Waals surface area contributed by atoms with Crippen LogP contribution in [0.3, 0.4) is 0 Å². The summed E-state index contributed by atoms with van der Waals surface area (Å²) in [6, 6.07) is 15.2. The highest BCUT2D eigenvalue weighted by atomic mass is 35.5. The summed E-state index contributed by atoms with van der Waals surface area (Å²) in [5.41, 5.74) is 7.05. The van der Waals surface area contributed by atoms with E-state index in [1.54, 1.807) is 23.1 Å². The number of hydrogen-bond acceptors (Lipinski definition) is 4. The third-order valence-corrected chi connectivity index (χ3v) is 5.13. The Hall–Kier alpha value is -2.08. The Labute approximate surface area is 171 Å². The predicted molar refractivity (Wildman–Crippen MR) is 111 cm³/mol. The highest BCUT2D eigenvalue weighted by molar-refractivity contribution is 6.34. The molecule has 6 heteroatoms. The van der Waals surface area contributed by atoms with Crippen LogP contribution in [0.2, 0.25) is 5.02 Å². The van der Waals surface area contributed by atoms with Crippen molar-refractivity contribution in [1.82, 2.24) is 4.90 Å². The first-order valence-corrected chi connectivity index (χ1v) is 10.1. The molecule has 2 N–H and O–H groups in total. The van der Waals surface area contributed by atoms with Crippen molar-refractivity contribution in [3.05, 3.63) is 64.7 Å². The molecule has 1 heterocycles. The molecule has 150 valence electrons. The number of hydrogen-bond donors (Lipinski definition) is 1. The zero-order valence-electron chi connectivity index (χ0n) is 16.0. The number of rotatable bonds is 8. The lowest BCUT2D eigenvalue weighted by Gasteiger charge is -2.33. The van der Waals surface area contributed by atoms with Crippen LogP contribution in [0.25, 0.3) is 0 Å². The lowest BCUT2D eigenvalue weighted by atomic mass is 10.1. The van der Waals surface area contributed by atoms with Gasteiger partial charge in [0.2, 0.25) is 0 Å². The van der Waals surface area contributed by atoms with E-state index in [0.29, 0.717) is 49.2 Å². The van der Waals surface area contributed by atoms with Gasteiger partial charge >= 0.3 is 0 Å². The van der Waals surface area contributed by atoms with Gasteiger partial charge in [-0.05, 0) is 49.6 Å². The fourth-order valence-electron chi connectivity index (χ4n) is 3.25. The van der Waals surface area contributed by atoms with Crippen LogP contribution in [0.1, 0.15) is 41.3 Å². The topological polar surface area (TPSA) is 64.8 Å². The molecule has 2 aromatic carbocycles. The maximum atomic E-state index is 13.0. The van der Waals surface area contributed by atoms with E-state index in [0.717, 1.165) is 24.8 Å². The van der Waals surface area contributed by atoms with Crippen LogP contribution < -0.4 is 10.5 Å². The molecule has 0 aliphatic carbocycles. The van der Waals surface area contributed by atoms with E-state index in [-0.39, 0.29) is 12.0 Å². The van der Waals surface area contributed by atoms with Crippen molar-refractivity contribution >= 4 is 17.5 Å². The third kappa shape index (κ3) is 5.47. The van der Waals surface area contributed by atoms with Gasteiger partial charge in [-0.15, -0.1) is 0 Å². The molecule has 0 aromatic heterocycles. The van der Waals surface area contributed by atoms with Gasteiger partial charge in [-0.3, -0.25) is 4.79 Å². The van der Waals surface area contributed by atoms with E-state index < -0.39 is 0 Å². The van der Waals surface area contributed by atoms with Crippen molar-refractivity contribution in [1.29, 1.82) is 0 Å². The number of carbonyl (C=O) groups excluding carboxylic acids is 1. The number of carbonyl (C=O) groups is 1. The molecule has 5 nitrogen and oxygen atoms in total. The van der Waals surface area contributed by atoms with Crippen LogP contribution >= 0.6 is 11.6 Å². The molecule has 1 unspecified atom stereocenters. The van der Waals surface area contributed by atoms with Crippen LogP contribution in [-0.4, -0.2) is 43.7 Å². The van der Waals surface area contributed by atoms with Crippen LogP contribution in [0.5, 0.6) is 5.75 Å². The van der Waals surface area contributed by atoms with Crippen molar-refractivity contribution < 1.29 is 14.3 Å². The standard InChI is InChI=1S/C22H27ClN2O3/c23-20-15-18(27-13-6-2-5-11-24)9-10-19(20)22(26)25-12-14-28-21(16-25)17-7-3-1-4-8-17/h1,3-4,7-10,15,21H,2,5-6,11-14,16,24H2. The molecule has 0 saturated carbocycles. The molecule has 1 fully saturated rings. The molecule has 1 amide bonds. The molecule has 1 saturated heterocycles. The van der Waals surface area contributed by atoms with Crippen LogP contribution in [0, 0.1) is 0 Å². The first-order chi connectivity index (χ1) is 13.7. The minimum Gasteiger partial charge on any atom is -0.494 e. The van der Waals surface area contributed by atoms with Crippen LogP contribution in [-0.2, 0) is 4.74 Å². The van der Waals surface area contributed by atoms with E-state index >= 15 is 0 Å². The Morgan fingerprint density at radius 2 is 2.00 bits per heavy atom. The molecule has 1 atom stereocenters. The van der Waals surface area contributed by atoms with Gasteiger partial charge < -0.3 is 20.1 Å². The molecule has 0 bridgehead atoms. The highest BCUT2D eigenvalue weighted by Gasteiger charge is 2.27. The zero-order valence-corrected chi connectivity index (χ0v) is 16.7. The molecule has 28 heavy (non-hydrogen) atoms. The van der Waals surface area contributed by atoms with Gasteiger partial charge in [0.15, 0.2) is 0 Å². The second-order valence-electron chi connectivity index (χ2n) is 6.86. The number of nitrogens with zero attached hydrogens (tertiary/aromatic N) is 1. The zero-order chi connectivity index (χ0) is 19.8. The molecule has 2 aromatic rings. The van der Waals surface area contributed by atoms with E-state index in [2.05, 4.69) is 0 Å². The lowest BCUT2D eigenvalue weighted by Crippen LogP contribution is -2.42. The van der Waals surface area contributed by atoms with Gasteiger partial charge in [-0.25, -0.2) is 0 Å². The Balaban J connectivity index is 1.60. The lowest BCUT2D eigenvalue weighted by molar-refractivity contribution is -0.0228. The summed E-state index contributed by atoms with van der Waals surface area (Å²) in [5, 5.41) is 0.409. The fraction of sp³-hybridized carbons (Fsp3) is 0.409. The van der Waals surface area contributed by atoms with E-state index in [9.17, 15) is 4.79 Å². The van der Waals surface area contributed by atoms with Crippen molar-refractivity contribution in [2.45, 2.75) is 25.4 Å². The largest absolute Gasteiger partial charge is 0.494 e. The Morgan fingerprint density at radius 3 is 2.75 bits per heavy atom. The normalized spacial score (nSPS) is 16.8. The van der Waals surface area contributed by atoms with Gasteiger partial charge in [0.1, 0.15) is 11.9 Å². The number of nitrogens with two attached hydrogens (primary N) is 1. The summed E-state index contributed by atoms with van der Waals surface area (Å²) in [5.74, 6) is 0.599. The Kier molecular flexibility index (Phi) is 7.71. The first kappa shape index (κ1) is 20.6. The number of amides is 1. The maximum absolute atomic E-state index is 13.0. The van der Waals surface area contributed by atoms with Gasteiger partial charge in [-0.2, -0.15) is 0 Å². The van der Waals surface area contributed by atoms with Gasteiger partial charge in [-0.1, -0.05) is 41.9 Å². The van der Waals surface area contributed by atoms with Crippen molar-refractivity contribution in [3.8, 4) is 5.75 Å². The minimum atomic E-state index is -0.117. The molecule has 0 radical (unpaired) electrons. The van der Waals surface area contributed by atoms with E-state index in [1.807, 2.05) is 30.3 Å². The van der Waals surface area contributed by atoms with Gasteiger partial charge in [0, 0.05) is 6.54 Å². The predicted octanol–water partition coefficient (Wildman–Crippen LogP) is 4.06. The number of benzene rings is 2. The molecule has 1 aliphatic heterocycles. The smallest absolute Gasteiger partial charge is 0.255 e. The van der Waals surface area contributed by atoms with E-state index in [1.165, 1.54) is 0 Å². The van der Waals surface area contributed by atoms with Crippen molar-refractivity contribution in [2.75, 3.05) is 32.8 Å². The number of unbranched alkanes of at least 4 members (excludes halogenated alkanes) is 2. The van der Waals surface area contributed by atoms with Crippen LogP contribution in [0.15, 0.2) is 48.5 Å². The second kappa shape index (κ2) is 10.5. The average Bonchev–Trinajstić information content (AvgIpc) is 2.74. The molecule has 3 rings (SSSR count). The second-order valence-corrected chi connectivity index (χ2v) is 7.27.